The molecule has 1 aliphatic rings. The Kier molecular flexibility index (Phi) is 6.71. The standard InChI is InChI=1S/C22H21Cl2N5O4/c1-4-32-21(30)19-12(2)25-22-26-27-28-29(22)20(19)13-6-8-17(18(9-13)31-3)33-11-14-5-7-15(23)10-16(14)24/h5-10,20H,4,11H2,1-3H3,(H,25,26,28). The molecular weight excluding hydrogens is 469 g/mol. The molecule has 0 bridgehead atoms. The maximum Gasteiger partial charge on any atom is 0.338 e. The number of carbonyl (C=O) groups is 1. The van der Waals surface area contributed by atoms with Gasteiger partial charge in [0.2, 0.25) is 5.95 Å². The second kappa shape index (κ2) is 9.68. The Morgan fingerprint density at radius 3 is 2.73 bits per heavy atom. The van der Waals surface area contributed by atoms with Crippen molar-refractivity contribution in [2.24, 2.45) is 0 Å². The molecule has 3 aromatic rings. The zero-order valence-electron chi connectivity index (χ0n) is 18.1. The number of tetrazole rings is 1. The van der Waals surface area contributed by atoms with Crippen molar-refractivity contribution in [2.45, 2.75) is 26.5 Å². The van der Waals surface area contributed by atoms with Gasteiger partial charge in [-0.1, -0.05) is 40.4 Å². The molecule has 2 heterocycles. The van der Waals surface area contributed by atoms with Gasteiger partial charge in [0.15, 0.2) is 11.5 Å². The minimum absolute atomic E-state index is 0.225. The highest BCUT2D eigenvalue weighted by atomic mass is 35.5. The molecule has 1 unspecified atom stereocenters. The molecule has 2 aromatic carbocycles. The SMILES string of the molecule is CCOC(=O)C1=C(C)Nc2nnnn2C1c1ccc(OCc2ccc(Cl)cc2Cl)c(OC)c1. The largest absolute Gasteiger partial charge is 0.493 e. The van der Waals surface area contributed by atoms with Gasteiger partial charge in [-0.3, -0.25) is 0 Å². The maximum atomic E-state index is 12.8. The van der Waals surface area contributed by atoms with Gasteiger partial charge in [0.1, 0.15) is 12.6 Å². The van der Waals surface area contributed by atoms with Crippen molar-refractivity contribution in [3.05, 3.63) is 68.8 Å². The number of aromatic nitrogens is 4. The van der Waals surface area contributed by atoms with Gasteiger partial charge in [0.05, 0.1) is 19.3 Å². The zero-order valence-corrected chi connectivity index (χ0v) is 19.6. The summed E-state index contributed by atoms with van der Waals surface area (Å²) in [5.41, 5.74) is 2.52. The Morgan fingerprint density at radius 1 is 1.18 bits per heavy atom. The molecule has 1 aromatic heterocycles. The van der Waals surface area contributed by atoms with E-state index in [0.717, 1.165) is 11.1 Å². The second-order valence-corrected chi connectivity index (χ2v) is 8.01. The van der Waals surface area contributed by atoms with Crippen LogP contribution < -0.4 is 14.8 Å². The minimum atomic E-state index is -0.607. The molecule has 33 heavy (non-hydrogen) atoms. The van der Waals surface area contributed by atoms with Crippen molar-refractivity contribution in [2.75, 3.05) is 19.0 Å². The number of hydrogen-bond donors (Lipinski definition) is 1. The summed E-state index contributed by atoms with van der Waals surface area (Å²) in [6.45, 7) is 4.00. The Morgan fingerprint density at radius 2 is 2.00 bits per heavy atom. The first-order chi connectivity index (χ1) is 15.9. The molecule has 4 rings (SSSR count). The van der Waals surface area contributed by atoms with Gasteiger partial charge in [-0.25, -0.2) is 4.79 Å². The van der Waals surface area contributed by atoms with E-state index in [2.05, 4.69) is 20.8 Å². The molecular formula is C22H21Cl2N5O4. The first-order valence-electron chi connectivity index (χ1n) is 10.1. The third-order valence-corrected chi connectivity index (χ3v) is 5.70. The Hall–Kier alpha value is -3.30. The van der Waals surface area contributed by atoms with Gasteiger partial charge < -0.3 is 19.5 Å². The van der Waals surface area contributed by atoms with Crippen LogP contribution in [0.25, 0.3) is 0 Å². The number of allylic oxidation sites excluding steroid dienone is 1. The minimum Gasteiger partial charge on any atom is -0.493 e. The van der Waals surface area contributed by atoms with Crippen molar-refractivity contribution in [3.8, 4) is 11.5 Å². The number of nitrogens with one attached hydrogen (secondary N) is 1. The predicted octanol–water partition coefficient (Wildman–Crippen LogP) is 4.42. The number of benzene rings is 2. The lowest BCUT2D eigenvalue weighted by Crippen LogP contribution is -2.29. The number of carbonyl (C=O) groups excluding carboxylic acids is 1. The highest BCUT2D eigenvalue weighted by Gasteiger charge is 2.35. The molecule has 0 spiro atoms. The van der Waals surface area contributed by atoms with Crippen molar-refractivity contribution in [3.63, 3.8) is 0 Å². The van der Waals surface area contributed by atoms with Crippen LogP contribution in [-0.4, -0.2) is 39.9 Å². The van der Waals surface area contributed by atoms with Crippen molar-refractivity contribution in [1.82, 2.24) is 20.2 Å². The third kappa shape index (κ3) is 4.60. The fraction of sp³-hybridized carbons (Fsp3) is 0.273. The third-order valence-electron chi connectivity index (χ3n) is 5.11. The Balaban J connectivity index is 1.67. The van der Waals surface area contributed by atoms with Crippen LogP contribution in [0.4, 0.5) is 5.95 Å². The molecule has 0 radical (unpaired) electrons. The highest BCUT2D eigenvalue weighted by molar-refractivity contribution is 6.35. The molecule has 0 saturated carbocycles. The molecule has 172 valence electrons. The first-order valence-corrected chi connectivity index (χ1v) is 10.9. The monoisotopic (exact) mass is 489 g/mol. The van der Waals surface area contributed by atoms with E-state index in [4.69, 9.17) is 37.4 Å². The number of ether oxygens (including phenoxy) is 3. The Bertz CT molecular complexity index is 1230. The lowest BCUT2D eigenvalue weighted by atomic mass is 9.95. The van der Waals surface area contributed by atoms with Crippen LogP contribution in [0.1, 0.15) is 31.0 Å². The fourth-order valence-electron chi connectivity index (χ4n) is 3.56. The molecule has 0 fully saturated rings. The summed E-state index contributed by atoms with van der Waals surface area (Å²) in [7, 11) is 1.54. The van der Waals surface area contributed by atoms with E-state index >= 15 is 0 Å². The van der Waals surface area contributed by atoms with Crippen LogP contribution in [0.5, 0.6) is 11.5 Å². The van der Waals surface area contributed by atoms with E-state index in [1.807, 2.05) is 6.07 Å². The van der Waals surface area contributed by atoms with E-state index in [9.17, 15) is 4.79 Å². The van der Waals surface area contributed by atoms with Gasteiger partial charge in [-0.15, -0.1) is 0 Å². The lowest BCUT2D eigenvalue weighted by molar-refractivity contribution is -0.139. The maximum absolute atomic E-state index is 12.8. The normalized spacial score (nSPS) is 15.0. The Labute approximate surface area is 200 Å². The van der Waals surface area contributed by atoms with Crippen LogP contribution in [0, 0.1) is 0 Å². The lowest BCUT2D eigenvalue weighted by Gasteiger charge is -2.27. The van der Waals surface area contributed by atoms with Gasteiger partial charge >= 0.3 is 5.97 Å². The van der Waals surface area contributed by atoms with Gasteiger partial charge in [-0.2, -0.15) is 4.68 Å². The summed E-state index contributed by atoms with van der Waals surface area (Å²) in [6, 6.07) is 9.99. The molecule has 0 amide bonds. The van der Waals surface area contributed by atoms with E-state index in [0.29, 0.717) is 38.8 Å². The first kappa shape index (κ1) is 22.9. The van der Waals surface area contributed by atoms with Crippen molar-refractivity contribution < 1.29 is 19.0 Å². The van der Waals surface area contributed by atoms with Crippen LogP contribution >= 0.6 is 23.2 Å². The van der Waals surface area contributed by atoms with Crippen LogP contribution in [0.2, 0.25) is 10.0 Å². The molecule has 1 N–H and O–H groups in total. The number of methoxy groups -OCH3 is 1. The summed E-state index contributed by atoms with van der Waals surface area (Å²) in [4.78, 5) is 12.8. The molecule has 11 heteroatoms. The highest BCUT2D eigenvalue weighted by Crippen LogP contribution is 2.39. The number of anilines is 1. The molecule has 1 aliphatic heterocycles. The summed E-state index contributed by atoms with van der Waals surface area (Å²) in [6.07, 6.45) is 0. The van der Waals surface area contributed by atoms with Gasteiger partial charge in [-0.05, 0) is 54.1 Å². The number of hydrogen-bond acceptors (Lipinski definition) is 8. The van der Waals surface area contributed by atoms with Crippen LogP contribution in [0.15, 0.2) is 47.7 Å². The summed E-state index contributed by atoms with van der Waals surface area (Å²) < 4.78 is 18.3. The average molecular weight is 490 g/mol. The molecule has 0 aliphatic carbocycles. The number of rotatable bonds is 7. The van der Waals surface area contributed by atoms with Crippen LogP contribution in [0.3, 0.4) is 0 Å². The van der Waals surface area contributed by atoms with E-state index in [1.165, 1.54) is 4.68 Å². The molecule has 1 atom stereocenters. The topological polar surface area (TPSA) is 100 Å². The number of halogens is 2. The number of esters is 1. The van der Waals surface area contributed by atoms with Crippen molar-refractivity contribution >= 4 is 35.1 Å². The molecule has 0 saturated heterocycles. The molecule has 9 nitrogen and oxygen atoms in total. The average Bonchev–Trinajstić information content (AvgIpc) is 3.25. The summed E-state index contributed by atoms with van der Waals surface area (Å²) in [5, 5.41) is 15.9. The summed E-state index contributed by atoms with van der Waals surface area (Å²) in [5.74, 6) is 0.954. The zero-order chi connectivity index (χ0) is 23.5. The smallest absolute Gasteiger partial charge is 0.338 e. The second-order valence-electron chi connectivity index (χ2n) is 7.17. The van der Waals surface area contributed by atoms with Crippen LogP contribution in [-0.2, 0) is 16.1 Å². The van der Waals surface area contributed by atoms with E-state index in [1.54, 1.807) is 51.3 Å². The number of nitrogens with zero attached hydrogens (tertiary/aromatic N) is 4. The fourth-order valence-corrected chi connectivity index (χ4v) is 4.02. The predicted molar refractivity (Wildman–Crippen MR) is 123 cm³/mol. The number of fused-ring (bicyclic) bond motifs is 1. The van der Waals surface area contributed by atoms with Crippen molar-refractivity contribution in [1.29, 1.82) is 0 Å². The van der Waals surface area contributed by atoms with Gasteiger partial charge in [0.25, 0.3) is 0 Å². The van der Waals surface area contributed by atoms with Gasteiger partial charge in [0, 0.05) is 21.3 Å². The summed E-state index contributed by atoms with van der Waals surface area (Å²) >= 11 is 12.2. The van der Waals surface area contributed by atoms with E-state index < -0.39 is 12.0 Å². The van der Waals surface area contributed by atoms with E-state index in [-0.39, 0.29) is 13.2 Å². The quantitative estimate of drug-likeness (QED) is 0.486.